The second-order valence-corrected chi connectivity index (χ2v) is 17.8. The normalized spacial score (nSPS) is 14.4. The van der Waals surface area contributed by atoms with E-state index in [0.29, 0.717) is 12.8 Å². The number of aliphatic carboxylic acids is 5. The largest absolute Gasteiger partial charge is 0.481 e. The predicted molar refractivity (Wildman–Crippen MR) is 257 cm³/mol. The Balaban J connectivity index is 6.53. The molecule has 19 N–H and O–H groups in total. The van der Waals surface area contributed by atoms with Gasteiger partial charge in [-0.1, -0.05) is 13.8 Å². The number of carboxylic acid groups (broad SMARTS) is 5. The van der Waals surface area contributed by atoms with Gasteiger partial charge in [-0.15, -0.1) is 0 Å². The Hall–Kier alpha value is -8.03. The molecular weight excluding hydrogens is 1020 g/mol. The lowest BCUT2D eigenvalue weighted by atomic mass is 10.0. The number of aliphatic hydroxyl groups excluding tert-OH is 1. The zero-order valence-electron chi connectivity index (χ0n) is 42.3. The lowest BCUT2D eigenvalue weighted by Gasteiger charge is -2.28. The van der Waals surface area contributed by atoms with Gasteiger partial charge in [-0.25, -0.2) is 0 Å². The van der Waals surface area contributed by atoms with E-state index in [1.54, 1.807) is 13.8 Å². The minimum Gasteiger partial charge on any atom is -0.481 e. The Labute approximate surface area is 434 Å². The fourth-order valence-electron chi connectivity index (χ4n) is 6.80. The summed E-state index contributed by atoms with van der Waals surface area (Å²) in [4.78, 5) is 188. The maximum atomic E-state index is 13.8. The van der Waals surface area contributed by atoms with Crippen molar-refractivity contribution in [3.05, 3.63) is 0 Å². The van der Waals surface area contributed by atoms with E-state index in [2.05, 4.69) is 42.5 Å². The number of aliphatic hydroxyl groups is 1. The Bertz CT molecular complexity index is 2110. The van der Waals surface area contributed by atoms with Crippen LogP contribution in [0.1, 0.15) is 111 Å². The van der Waals surface area contributed by atoms with Crippen LogP contribution in [0.2, 0.25) is 0 Å². The molecule has 0 aliphatic heterocycles. The van der Waals surface area contributed by atoms with Crippen molar-refractivity contribution in [2.75, 3.05) is 13.1 Å². The van der Waals surface area contributed by atoms with Gasteiger partial charge < -0.3 is 90.0 Å². The van der Waals surface area contributed by atoms with Gasteiger partial charge in [0.15, 0.2) is 0 Å². The number of hydrogen-bond acceptors (Lipinski definition) is 17. The molecule has 428 valence electrons. The van der Waals surface area contributed by atoms with E-state index in [-0.39, 0.29) is 25.3 Å². The van der Waals surface area contributed by atoms with E-state index in [4.69, 9.17) is 21.7 Å². The standard InChI is InChI=1S/C44H71N11O21/c1-20(2)17-28(53-38(70)24(48-22(4)57)7-5-6-16-45)42(74)54-29(18-35(67)68)43(75)52-26(10-14-33(63)64)40(72)51-27(11-15-34(65)66)41(73)55-36(21(3)56)44(76)47-19-30(58)49-25(9-13-32(61)62)39(71)50-23(37(46)69)8-12-31(59)60/h20-21,23-29,36,56H,5-19,45H2,1-4H3,(H2,46,69)(H,47,76)(H,48,57)(H,49,58)(H,50,71)(H,51,72)(H,52,75)(H,53,70)(H,54,74)(H,55,73)(H,59,60)(H,61,62)(H,63,64)(H,65,66)(H,67,68)/t21-,23+,24+,25+,26+,27+,28+,29+,36+/m1/s1. The third-order valence-electron chi connectivity index (χ3n) is 10.6. The summed E-state index contributed by atoms with van der Waals surface area (Å²) in [5.74, 6) is -19.1. The van der Waals surface area contributed by atoms with Gasteiger partial charge in [-0.3, -0.25) is 71.9 Å². The van der Waals surface area contributed by atoms with Crippen LogP contribution in [-0.4, -0.2) is 187 Å². The minimum atomic E-state index is -2.01. The molecule has 0 saturated heterocycles. The summed E-state index contributed by atoms with van der Waals surface area (Å²) in [5, 5.41) is 76.8. The second kappa shape index (κ2) is 35.2. The van der Waals surface area contributed by atoms with Crippen molar-refractivity contribution in [1.29, 1.82) is 0 Å². The Kier molecular flexibility index (Phi) is 31.5. The smallest absolute Gasteiger partial charge is 0.305 e. The van der Waals surface area contributed by atoms with Gasteiger partial charge in [0, 0.05) is 32.6 Å². The van der Waals surface area contributed by atoms with Gasteiger partial charge in [0.1, 0.15) is 48.3 Å². The van der Waals surface area contributed by atoms with Crippen LogP contribution in [0.25, 0.3) is 0 Å². The molecule has 76 heavy (non-hydrogen) atoms. The van der Waals surface area contributed by atoms with Crippen LogP contribution in [0.4, 0.5) is 0 Å². The highest BCUT2D eigenvalue weighted by Crippen LogP contribution is 2.11. The van der Waals surface area contributed by atoms with Crippen LogP contribution in [0.15, 0.2) is 0 Å². The summed E-state index contributed by atoms with van der Waals surface area (Å²) in [7, 11) is 0. The average molecular weight is 1090 g/mol. The highest BCUT2D eigenvalue weighted by Gasteiger charge is 2.36. The number of carbonyl (C=O) groups excluding carboxylic acids is 10. The van der Waals surface area contributed by atoms with Crippen molar-refractivity contribution in [1.82, 2.24) is 47.9 Å². The summed E-state index contributed by atoms with van der Waals surface area (Å²) in [6.07, 6.45) is -7.57. The summed E-state index contributed by atoms with van der Waals surface area (Å²) in [6.45, 7) is 4.76. The molecule has 0 aliphatic rings. The van der Waals surface area contributed by atoms with Gasteiger partial charge in [-0.2, -0.15) is 0 Å². The quantitative estimate of drug-likeness (QED) is 0.0255. The van der Waals surface area contributed by atoms with Crippen LogP contribution < -0.4 is 59.3 Å². The van der Waals surface area contributed by atoms with E-state index in [1.807, 2.05) is 5.32 Å². The molecule has 0 aliphatic carbocycles. The average Bonchev–Trinajstić information content (AvgIpc) is 3.30. The number of amides is 10. The molecule has 0 heterocycles. The first-order valence-electron chi connectivity index (χ1n) is 23.8. The molecule has 0 fully saturated rings. The fraction of sp³-hybridized carbons (Fsp3) is 0.659. The summed E-state index contributed by atoms with van der Waals surface area (Å²) < 4.78 is 0. The SMILES string of the molecule is CC(=O)N[C@@H](CCCCN)C(=O)N[C@@H](CC(C)C)C(=O)N[C@@H](CC(=O)O)C(=O)N[C@@H](CCC(=O)O)C(=O)N[C@@H](CCC(=O)O)C(=O)N[C@H](C(=O)NCC(=O)N[C@@H](CCC(=O)O)C(=O)N[C@@H](CCC(=O)O)C(N)=O)[C@@H](C)O. The molecule has 0 rings (SSSR count). The summed E-state index contributed by atoms with van der Waals surface area (Å²) >= 11 is 0. The van der Waals surface area contributed by atoms with Crippen molar-refractivity contribution >= 4 is 88.9 Å². The van der Waals surface area contributed by atoms with Crippen LogP contribution in [0, 0.1) is 5.92 Å². The van der Waals surface area contributed by atoms with Crippen LogP contribution >= 0.6 is 0 Å². The lowest BCUT2D eigenvalue weighted by molar-refractivity contribution is -0.142. The van der Waals surface area contributed by atoms with Crippen LogP contribution in [0.3, 0.4) is 0 Å². The Morgan fingerprint density at radius 3 is 1.20 bits per heavy atom. The molecule has 0 unspecified atom stereocenters. The number of primary amides is 1. The summed E-state index contributed by atoms with van der Waals surface area (Å²) in [6, 6.07) is -13.7. The topological polar surface area (TPSA) is 538 Å². The number of carbonyl (C=O) groups is 15. The maximum Gasteiger partial charge on any atom is 0.305 e. The zero-order valence-corrected chi connectivity index (χ0v) is 42.3. The van der Waals surface area contributed by atoms with Crippen molar-refractivity contribution in [2.45, 2.75) is 166 Å². The van der Waals surface area contributed by atoms with E-state index in [1.165, 1.54) is 0 Å². The molecule has 0 aromatic carbocycles. The highest BCUT2D eigenvalue weighted by molar-refractivity contribution is 5.99. The number of unbranched alkanes of at least 4 members (excludes halogenated alkanes) is 1. The first-order chi connectivity index (χ1) is 35.4. The molecule has 0 saturated carbocycles. The molecule has 0 radical (unpaired) electrons. The number of carboxylic acids is 5. The molecular formula is C44H71N11O21. The highest BCUT2D eigenvalue weighted by atomic mass is 16.4. The molecule has 0 aromatic rings. The van der Waals surface area contributed by atoms with Gasteiger partial charge in [0.05, 0.1) is 19.1 Å². The van der Waals surface area contributed by atoms with Crippen molar-refractivity contribution in [2.24, 2.45) is 17.4 Å². The van der Waals surface area contributed by atoms with Gasteiger partial charge >= 0.3 is 29.8 Å². The van der Waals surface area contributed by atoms with E-state index < -0.39 is 208 Å². The van der Waals surface area contributed by atoms with E-state index in [9.17, 15) is 92.3 Å². The fourth-order valence-corrected chi connectivity index (χ4v) is 6.80. The monoisotopic (exact) mass is 1090 g/mol. The van der Waals surface area contributed by atoms with Crippen molar-refractivity contribution < 1.29 is 103 Å². The second-order valence-electron chi connectivity index (χ2n) is 17.8. The van der Waals surface area contributed by atoms with Crippen LogP contribution in [0.5, 0.6) is 0 Å². The molecule has 0 aromatic heterocycles. The molecule has 10 amide bonds. The minimum absolute atomic E-state index is 0.0668. The number of nitrogens with two attached hydrogens (primary N) is 2. The molecule has 0 spiro atoms. The van der Waals surface area contributed by atoms with E-state index in [0.717, 1.165) is 13.8 Å². The van der Waals surface area contributed by atoms with Gasteiger partial charge in [0.2, 0.25) is 59.1 Å². The Morgan fingerprint density at radius 1 is 0.434 bits per heavy atom. The third-order valence-corrected chi connectivity index (χ3v) is 10.6. The zero-order chi connectivity index (χ0) is 58.4. The van der Waals surface area contributed by atoms with Gasteiger partial charge in [0.25, 0.3) is 0 Å². The summed E-state index contributed by atoms with van der Waals surface area (Å²) in [5.41, 5.74) is 10.8. The number of rotatable bonds is 39. The maximum absolute atomic E-state index is 13.8. The predicted octanol–water partition coefficient (Wildman–Crippen LogP) is -6.02. The molecule has 32 heteroatoms. The molecule has 9 atom stereocenters. The number of nitrogens with one attached hydrogen (secondary N) is 9. The number of hydrogen-bond donors (Lipinski definition) is 17. The molecule has 0 bridgehead atoms. The first kappa shape index (κ1) is 68.0. The lowest BCUT2D eigenvalue weighted by Crippen LogP contribution is -2.61. The van der Waals surface area contributed by atoms with E-state index >= 15 is 0 Å². The first-order valence-corrected chi connectivity index (χ1v) is 23.8. The van der Waals surface area contributed by atoms with Gasteiger partial charge in [-0.05, 0) is 70.8 Å². The molecule has 32 nitrogen and oxygen atoms in total. The van der Waals surface area contributed by atoms with Crippen molar-refractivity contribution in [3.63, 3.8) is 0 Å². The Morgan fingerprint density at radius 2 is 0.803 bits per heavy atom. The van der Waals surface area contributed by atoms with Crippen LogP contribution in [-0.2, 0) is 71.9 Å². The van der Waals surface area contributed by atoms with Crippen molar-refractivity contribution in [3.8, 4) is 0 Å². The third kappa shape index (κ3) is 29.0.